The molecule has 0 fully saturated rings. The van der Waals surface area contributed by atoms with Gasteiger partial charge in [-0.2, -0.15) is 0 Å². The first-order valence-electron chi connectivity index (χ1n) is 6.70. The van der Waals surface area contributed by atoms with Gasteiger partial charge in [0.1, 0.15) is 12.4 Å². The molecule has 3 heteroatoms. The summed E-state index contributed by atoms with van der Waals surface area (Å²) in [6.07, 6.45) is 0.831. The first-order chi connectivity index (χ1) is 8.65. The Morgan fingerprint density at radius 3 is 2.33 bits per heavy atom. The normalized spacial score (nSPS) is 10.9. The third kappa shape index (κ3) is 5.52. The van der Waals surface area contributed by atoms with Crippen LogP contribution in [0, 0.1) is 13.8 Å². The highest BCUT2D eigenvalue weighted by Gasteiger charge is 2.02. The molecule has 102 valence electrons. The van der Waals surface area contributed by atoms with Gasteiger partial charge in [0.2, 0.25) is 0 Å². The number of benzene rings is 1. The zero-order valence-corrected chi connectivity index (χ0v) is 11.8. The molecule has 0 atom stereocenters. The van der Waals surface area contributed by atoms with E-state index in [1.165, 1.54) is 11.1 Å². The lowest BCUT2D eigenvalue weighted by molar-refractivity contribution is 0.195. The lowest BCUT2D eigenvalue weighted by atomic mass is 10.1. The topological polar surface area (TPSA) is 32.7 Å². The molecule has 0 aliphatic carbocycles. The third-order valence-corrected chi connectivity index (χ3v) is 2.95. The predicted molar refractivity (Wildman–Crippen MR) is 75.2 cm³/mol. The third-order valence-electron chi connectivity index (χ3n) is 2.95. The summed E-state index contributed by atoms with van der Waals surface area (Å²) in [6, 6.07) is 6.28. The van der Waals surface area contributed by atoms with E-state index in [1.54, 1.807) is 0 Å². The van der Waals surface area contributed by atoms with Gasteiger partial charge in [-0.3, -0.25) is 0 Å². The summed E-state index contributed by atoms with van der Waals surface area (Å²) in [5, 5.41) is 8.82. The van der Waals surface area contributed by atoms with Gasteiger partial charge in [-0.1, -0.05) is 13.0 Å². The molecule has 0 amide bonds. The first-order valence-corrected chi connectivity index (χ1v) is 6.70. The Labute approximate surface area is 110 Å². The number of ether oxygens (including phenoxy) is 1. The minimum atomic E-state index is 0.258. The minimum Gasteiger partial charge on any atom is -0.492 e. The largest absolute Gasteiger partial charge is 0.492 e. The molecular weight excluding hydrogens is 226 g/mol. The highest BCUT2D eigenvalue weighted by Crippen LogP contribution is 2.16. The van der Waals surface area contributed by atoms with Gasteiger partial charge in [-0.25, -0.2) is 0 Å². The summed E-state index contributed by atoms with van der Waals surface area (Å²) in [4.78, 5) is 2.29. The molecule has 0 aliphatic rings. The van der Waals surface area contributed by atoms with E-state index in [4.69, 9.17) is 9.84 Å². The quantitative estimate of drug-likeness (QED) is 0.770. The van der Waals surface area contributed by atoms with Crippen LogP contribution < -0.4 is 4.74 Å². The number of hydrogen-bond acceptors (Lipinski definition) is 3. The van der Waals surface area contributed by atoms with E-state index in [9.17, 15) is 0 Å². The summed E-state index contributed by atoms with van der Waals surface area (Å²) in [5.41, 5.74) is 2.47. The number of aliphatic hydroxyl groups excluding tert-OH is 1. The second-order valence-corrected chi connectivity index (χ2v) is 4.68. The van der Waals surface area contributed by atoms with Gasteiger partial charge in [0.15, 0.2) is 0 Å². The van der Waals surface area contributed by atoms with Gasteiger partial charge in [-0.15, -0.1) is 0 Å². The van der Waals surface area contributed by atoms with E-state index in [2.05, 4.69) is 43.9 Å². The lowest BCUT2D eigenvalue weighted by Gasteiger charge is -2.20. The van der Waals surface area contributed by atoms with Crippen molar-refractivity contribution < 1.29 is 9.84 Å². The standard InChI is InChI=1S/C15H25NO2/c1-4-16(6-5-8-17)7-9-18-15-11-13(2)10-14(3)12-15/h10-12,17H,4-9H2,1-3H3. The summed E-state index contributed by atoms with van der Waals surface area (Å²) in [6.45, 7) is 10.1. The molecule has 0 heterocycles. The average Bonchev–Trinajstić information content (AvgIpc) is 2.32. The summed E-state index contributed by atoms with van der Waals surface area (Å²) < 4.78 is 5.78. The molecule has 0 aromatic heterocycles. The highest BCUT2D eigenvalue weighted by atomic mass is 16.5. The first kappa shape index (κ1) is 15.0. The van der Waals surface area contributed by atoms with E-state index in [0.717, 1.165) is 31.8 Å². The SMILES string of the molecule is CCN(CCCO)CCOc1cc(C)cc(C)c1. The van der Waals surface area contributed by atoms with Crippen LogP contribution in [-0.4, -0.2) is 42.9 Å². The fourth-order valence-electron chi connectivity index (χ4n) is 2.03. The Kier molecular flexibility index (Phi) is 6.76. The Morgan fingerprint density at radius 1 is 1.11 bits per heavy atom. The van der Waals surface area contributed by atoms with E-state index in [1.807, 2.05) is 0 Å². The van der Waals surface area contributed by atoms with E-state index < -0.39 is 0 Å². The second kappa shape index (κ2) is 8.11. The van der Waals surface area contributed by atoms with Gasteiger partial charge in [0.05, 0.1) is 0 Å². The minimum absolute atomic E-state index is 0.258. The van der Waals surface area contributed by atoms with Crippen molar-refractivity contribution in [2.75, 3.05) is 32.8 Å². The number of aliphatic hydroxyl groups is 1. The van der Waals surface area contributed by atoms with Crippen LogP contribution in [0.2, 0.25) is 0 Å². The smallest absolute Gasteiger partial charge is 0.119 e. The highest BCUT2D eigenvalue weighted by molar-refractivity contribution is 5.32. The van der Waals surface area contributed by atoms with E-state index >= 15 is 0 Å². The maximum atomic E-state index is 8.82. The van der Waals surface area contributed by atoms with Crippen LogP contribution in [0.1, 0.15) is 24.5 Å². The van der Waals surface area contributed by atoms with Crippen LogP contribution in [0.3, 0.4) is 0 Å². The number of rotatable bonds is 8. The maximum Gasteiger partial charge on any atom is 0.119 e. The number of aryl methyl sites for hydroxylation is 2. The van der Waals surface area contributed by atoms with E-state index in [-0.39, 0.29) is 6.61 Å². The summed E-state index contributed by atoms with van der Waals surface area (Å²) >= 11 is 0. The fourth-order valence-corrected chi connectivity index (χ4v) is 2.03. The Morgan fingerprint density at radius 2 is 1.78 bits per heavy atom. The van der Waals surface area contributed by atoms with E-state index in [0.29, 0.717) is 6.61 Å². The van der Waals surface area contributed by atoms with Crippen molar-refractivity contribution in [3.63, 3.8) is 0 Å². The second-order valence-electron chi connectivity index (χ2n) is 4.68. The maximum absolute atomic E-state index is 8.82. The van der Waals surface area contributed by atoms with Crippen LogP contribution in [0.4, 0.5) is 0 Å². The van der Waals surface area contributed by atoms with Crippen LogP contribution >= 0.6 is 0 Å². The zero-order chi connectivity index (χ0) is 13.4. The van der Waals surface area contributed by atoms with Crippen LogP contribution in [0.15, 0.2) is 18.2 Å². The Hall–Kier alpha value is -1.06. The molecule has 0 aliphatic heterocycles. The van der Waals surface area contributed by atoms with Crippen molar-refractivity contribution in [2.24, 2.45) is 0 Å². The summed E-state index contributed by atoms with van der Waals surface area (Å²) in [7, 11) is 0. The lowest BCUT2D eigenvalue weighted by Crippen LogP contribution is -2.29. The van der Waals surface area contributed by atoms with Crippen molar-refractivity contribution >= 4 is 0 Å². The monoisotopic (exact) mass is 251 g/mol. The zero-order valence-electron chi connectivity index (χ0n) is 11.8. The van der Waals surface area contributed by atoms with Crippen LogP contribution in [0.5, 0.6) is 5.75 Å². The molecule has 1 aromatic rings. The van der Waals surface area contributed by atoms with Crippen molar-refractivity contribution in [3.8, 4) is 5.75 Å². The van der Waals surface area contributed by atoms with Gasteiger partial charge in [-0.05, 0) is 50.1 Å². The van der Waals surface area contributed by atoms with Crippen molar-refractivity contribution in [1.82, 2.24) is 4.90 Å². The Balaban J connectivity index is 2.35. The molecule has 0 radical (unpaired) electrons. The molecular formula is C15H25NO2. The molecule has 0 bridgehead atoms. The molecule has 1 aromatic carbocycles. The molecule has 0 saturated heterocycles. The molecule has 0 unspecified atom stereocenters. The molecule has 0 saturated carbocycles. The predicted octanol–water partition coefficient (Wildman–Crippen LogP) is 2.39. The molecule has 1 N–H and O–H groups in total. The molecule has 1 rings (SSSR count). The van der Waals surface area contributed by atoms with Crippen molar-refractivity contribution in [2.45, 2.75) is 27.2 Å². The van der Waals surface area contributed by atoms with Gasteiger partial charge in [0.25, 0.3) is 0 Å². The number of hydrogen-bond donors (Lipinski definition) is 1. The van der Waals surface area contributed by atoms with Crippen LogP contribution in [0.25, 0.3) is 0 Å². The summed E-state index contributed by atoms with van der Waals surface area (Å²) in [5.74, 6) is 0.950. The van der Waals surface area contributed by atoms with Gasteiger partial charge < -0.3 is 14.7 Å². The van der Waals surface area contributed by atoms with Crippen molar-refractivity contribution in [3.05, 3.63) is 29.3 Å². The molecule has 18 heavy (non-hydrogen) atoms. The van der Waals surface area contributed by atoms with Crippen molar-refractivity contribution in [1.29, 1.82) is 0 Å². The van der Waals surface area contributed by atoms with Gasteiger partial charge in [0, 0.05) is 19.7 Å². The van der Waals surface area contributed by atoms with Gasteiger partial charge >= 0.3 is 0 Å². The number of nitrogens with zero attached hydrogens (tertiary/aromatic N) is 1. The Bertz CT molecular complexity index is 332. The molecule has 3 nitrogen and oxygen atoms in total. The molecule has 0 spiro atoms. The number of likely N-dealkylation sites (N-methyl/N-ethyl adjacent to an activating group) is 1. The average molecular weight is 251 g/mol. The van der Waals surface area contributed by atoms with Crippen LogP contribution in [-0.2, 0) is 0 Å². The fraction of sp³-hybridized carbons (Fsp3) is 0.600.